The highest BCUT2D eigenvalue weighted by atomic mass is 16.3. The average Bonchev–Trinajstić information content (AvgIpc) is 2.60. The second-order valence-electron chi connectivity index (χ2n) is 6.77. The van der Waals surface area contributed by atoms with E-state index in [1.54, 1.807) is 4.90 Å². The highest BCUT2D eigenvalue weighted by Gasteiger charge is 2.45. The minimum Gasteiger partial charge on any atom is -0.382 e. The van der Waals surface area contributed by atoms with Gasteiger partial charge in [0.05, 0.1) is 18.6 Å². The maximum atomic E-state index is 11.0. The summed E-state index contributed by atoms with van der Waals surface area (Å²) in [5.74, 6) is 1.32. The third-order valence-corrected chi connectivity index (χ3v) is 5.71. The summed E-state index contributed by atoms with van der Waals surface area (Å²) < 4.78 is 0. The van der Waals surface area contributed by atoms with Gasteiger partial charge in [-0.15, -0.1) is 6.58 Å². The van der Waals surface area contributed by atoms with Crippen LogP contribution in [0, 0.1) is 11.8 Å². The standard InChI is InChI=1S/C19H22N2O/c1-2-13-12-21-10-8-14(13)11-18(21)19(22)16-7-9-20-17-6-4-3-5-15(16)17/h2-7,9,13-14,18-19,22H,1,8,10-12H2/p+1/t13-,14?,18-,19+/m0/s1. The van der Waals surface area contributed by atoms with Crippen LogP contribution in [-0.2, 0) is 0 Å². The van der Waals surface area contributed by atoms with Crippen LogP contribution in [0.4, 0.5) is 0 Å². The average molecular weight is 295 g/mol. The van der Waals surface area contributed by atoms with E-state index in [1.165, 1.54) is 13.0 Å². The molecule has 0 saturated carbocycles. The van der Waals surface area contributed by atoms with Gasteiger partial charge >= 0.3 is 0 Å². The first-order valence-corrected chi connectivity index (χ1v) is 8.27. The van der Waals surface area contributed by atoms with Crippen molar-refractivity contribution in [1.82, 2.24) is 4.98 Å². The molecule has 3 aliphatic heterocycles. The van der Waals surface area contributed by atoms with Crippen LogP contribution in [0.3, 0.4) is 0 Å². The van der Waals surface area contributed by atoms with Crippen molar-refractivity contribution in [3.8, 4) is 0 Å². The number of nitrogens with zero attached hydrogens (tertiary/aromatic N) is 1. The normalized spacial score (nSPS) is 32.0. The van der Waals surface area contributed by atoms with Crippen molar-refractivity contribution < 1.29 is 10.0 Å². The molecule has 22 heavy (non-hydrogen) atoms. The highest BCUT2D eigenvalue weighted by molar-refractivity contribution is 5.82. The molecule has 0 radical (unpaired) electrons. The molecule has 0 aliphatic carbocycles. The Bertz CT molecular complexity index is 693. The van der Waals surface area contributed by atoms with Crippen molar-refractivity contribution in [2.75, 3.05) is 13.1 Å². The molecule has 3 nitrogen and oxygen atoms in total. The molecule has 4 heterocycles. The second-order valence-corrected chi connectivity index (χ2v) is 6.77. The van der Waals surface area contributed by atoms with Crippen LogP contribution in [0.1, 0.15) is 24.5 Å². The van der Waals surface area contributed by atoms with E-state index in [0.717, 1.165) is 29.4 Å². The number of hydrogen-bond donors (Lipinski definition) is 2. The predicted molar refractivity (Wildman–Crippen MR) is 87.6 cm³/mol. The quantitative estimate of drug-likeness (QED) is 0.847. The molecule has 5 rings (SSSR count). The summed E-state index contributed by atoms with van der Waals surface area (Å²) in [6, 6.07) is 10.4. The number of aromatic nitrogens is 1. The van der Waals surface area contributed by atoms with Crippen molar-refractivity contribution in [1.29, 1.82) is 0 Å². The molecule has 0 spiro atoms. The Labute approximate surface area is 131 Å². The highest BCUT2D eigenvalue weighted by Crippen LogP contribution is 2.33. The van der Waals surface area contributed by atoms with Crippen LogP contribution in [0.25, 0.3) is 10.9 Å². The molecule has 3 fully saturated rings. The van der Waals surface area contributed by atoms with Gasteiger partial charge in [-0.3, -0.25) is 4.98 Å². The van der Waals surface area contributed by atoms with Gasteiger partial charge in [0.15, 0.2) is 0 Å². The lowest BCUT2D eigenvalue weighted by atomic mass is 9.73. The molecule has 3 saturated heterocycles. The third kappa shape index (κ3) is 2.16. The van der Waals surface area contributed by atoms with Crippen LogP contribution in [0.15, 0.2) is 49.2 Å². The molecule has 2 N–H and O–H groups in total. The molecule has 2 unspecified atom stereocenters. The number of para-hydroxylation sites is 1. The summed E-state index contributed by atoms with van der Waals surface area (Å²) >= 11 is 0. The lowest BCUT2D eigenvalue weighted by Crippen LogP contribution is -3.20. The summed E-state index contributed by atoms with van der Waals surface area (Å²) in [4.78, 5) is 5.95. The van der Waals surface area contributed by atoms with Gasteiger partial charge in [-0.2, -0.15) is 0 Å². The van der Waals surface area contributed by atoms with E-state index in [-0.39, 0.29) is 0 Å². The van der Waals surface area contributed by atoms with E-state index < -0.39 is 6.10 Å². The van der Waals surface area contributed by atoms with Crippen LogP contribution in [0.5, 0.6) is 0 Å². The third-order valence-electron chi connectivity index (χ3n) is 5.71. The summed E-state index contributed by atoms with van der Waals surface area (Å²) in [6.07, 6.45) is 5.90. The number of rotatable bonds is 3. The van der Waals surface area contributed by atoms with Gasteiger partial charge in [0.25, 0.3) is 0 Å². The predicted octanol–water partition coefficient (Wildman–Crippen LogP) is 1.75. The minimum atomic E-state index is -0.406. The Hall–Kier alpha value is -1.71. The Kier molecular flexibility index (Phi) is 3.47. The van der Waals surface area contributed by atoms with Crippen LogP contribution < -0.4 is 4.90 Å². The van der Waals surface area contributed by atoms with Crippen molar-refractivity contribution in [3.05, 3.63) is 54.7 Å². The number of aliphatic hydroxyl groups excluding tert-OH is 1. The van der Waals surface area contributed by atoms with Gasteiger partial charge in [0.2, 0.25) is 0 Å². The Morgan fingerprint density at radius 3 is 2.95 bits per heavy atom. The lowest BCUT2D eigenvalue weighted by molar-refractivity contribution is -0.949. The van der Waals surface area contributed by atoms with Gasteiger partial charge in [-0.25, -0.2) is 0 Å². The van der Waals surface area contributed by atoms with Gasteiger partial charge < -0.3 is 10.0 Å². The fourth-order valence-electron chi connectivity index (χ4n) is 4.50. The summed E-state index contributed by atoms with van der Waals surface area (Å²) in [7, 11) is 0. The second kappa shape index (κ2) is 5.49. The first-order chi connectivity index (χ1) is 10.8. The molecular weight excluding hydrogens is 272 g/mol. The zero-order valence-electron chi connectivity index (χ0n) is 12.8. The Morgan fingerprint density at radius 1 is 1.32 bits per heavy atom. The van der Waals surface area contributed by atoms with Gasteiger partial charge in [-0.05, 0) is 23.6 Å². The Morgan fingerprint density at radius 2 is 2.18 bits per heavy atom. The van der Waals surface area contributed by atoms with E-state index >= 15 is 0 Å². The SMILES string of the molecule is C=C[C@H]1C[NH+]2CCC1C[C@H]2[C@H](O)c1ccnc2ccccc12. The number of hydrogen-bond acceptors (Lipinski definition) is 2. The molecule has 1 aromatic carbocycles. The summed E-state index contributed by atoms with van der Waals surface area (Å²) in [5.41, 5.74) is 2.00. The number of benzene rings is 1. The van der Waals surface area contributed by atoms with Crippen LogP contribution in [-0.4, -0.2) is 29.2 Å². The van der Waals surface area contributed by atoms with E-state index in [1.807, 2.05) is 30.5 Å². The van der Waals surface area contributed by atoms with E-state index in [9.17, 15) is 5.11 Å². The molecule has 0 amide bonds. The molecule has 5 atom stereocenters. The number of quaternary nitrogens is 1. The number of piperidine rings is 3. The number of nitrogens with one attached hydrogen (secondary N) is 1. The number of fused-ring (bicyclic) bond motifs is 4. The van der Waals surface area contributed by atoms with Gasteiger partial charge in [0, 0.05) is 30.3 Å². The molecule has 1 aromatic heterocycles. The van der Waals surface area contributed by atoms with Gasteiger partial charge in [0.1, 0.15) is 12.1 Å². The van der Waals surface area contributed by atoms with Crippen LogP contribution in [0.2, 0.25) is 0 Å². The van der Waals surface area contributed by atoms with E-state index in [2.05, 4.69) is 23.7 Å². The maximum absolute atomic E-state index is 11.0. The lowest BCUT2D eigenvalue weighted by Gasteiger charge is -2.47. The first kappa shape index (κ1) is 13.9. The molecule has 2 bridgehead atoms. The molecule has 3 aliphatic rings. The molecule has 3 heteroatoms. The zero-order chi connectivity index (χ0) is 15.1. The first-order valence-electron chi connectivity index (χ1n) is 8.27. The fourth-order valence-corrected chi connectivity index (χ4v) is 4.50. The molecular formula is C19H23N2O+. The summed E-state index contributed by atoms with van der Waals surface area (Å²) in [5, 5.41) is 12.1. The molecule has 114 valence electrons. The maximum Gasteiger partial charge on any atom is 0.131 e. The largest absolute Gasteiger partial charge is 0.382 e. The Balaban J connectivity index is 1.67. The zero-order valence-corrected chi connectivity index (χ0v) is 12.8. The van der Waals surface area contributed by atoms with Crippen LogP contribution >= 0.6 is 0 Å². The van der Waals surface area contributed by atoms with E-state index in [0.29, 0.717) is 17.9 Å². The molecule has 2 aromatic rings. The van der Waals surface area contributed by atoms with Crippen molar-refractivity contribution in [2.24, 2.45) is 11.8 Å². The number of aliphatic hydroxyl groups is 1. The fraction of sp³-hybridized carbons (Fsp3) is 0.421. The van der Waals surface area contributed by atoms with Crippen molar-refractivity contribution >= 4 is 10.9 Å². The minimum absolute atomic E-state index is 0.306. The van der Waals surface area contributed by atoms with Gasteiger partial charge in [-0.1, -0.05) is 24.3 Å². The number of pyridine rings is 1. The smallest absolute Gasteiger partial charge is 0.131 e. The topological polar surface area (TPSA) is 37.6 Å². The monoisotopic (exact) mass is 295 g/mol. The van der Waals surface area contributed by atoms with Crippen molar-refractivity contribution in [3.63, 3.8) is 0 Å². The van der Waals surface area contributed by atoms with Crippen molar-refractivity contribution in [2.45, 2.75) is 25.0 Å². The summed E-state index contributed by atoms with van der Waals surface area (Å²) in [6.45, 7) is 6.29. The van der Waals surface area contributed by atoms with E-state index in [4.69, 9.17) is 0 Å².